The molecule has 0 aliphatic heterocycles. The number of benzene rings is 1. The highest BCUT2D eigenvalue weighted by Crippen LogP contribution is 2.31. The highest BCUT2D eigenvalue weighted by molar-refractivity contribution is 5.78. The van der Waals surface area contributed by atoms with Gasteiger partial charge in [-0.3, -0.25) is 0 Å². The lowest BCUT2D eigenvalue weighted by atomic mass is 9.99. The summed E-state index contributed by atoms with van der Waals surface area (Å²) in [5.41, 5.74) is 3.55. The van der Waals surface area contributed by atoms with Crippen molar-refractivity contribution in [2.24, 2.45) is 0 Å². The van der Waals surface area contributed by atoms with Crippen molar-refractivity contribution in [3.63, 3.8) is 0 Å². The maximum atomic E-state index is 8.98. The van der Waals surface area contributed by atoms with Crippen LogP contribution in [0, 0.1) is 6.92 Å². The Morgan fingerprint density at radius 2 is 2.06 bits per heavy atom. The molecule has 17 heavy (non-hydrogen) atoms. The molecule has 1 heterocycles. The van der Waals surface area contributed by atoms with Crippen molar-refractivity contribution in [1.82, 2.24) is 5.16 Å². The van der Waals surface area contributed by atoms with E-state index in [9.17, 15) is 0 Å². The Morgan fingerprint density at radius 1 is 1.35 bits per heavy atom. The first-order chi connectivity index (χ1) is 8.24. The molecule has 0 atom stereocenters. The van der Waals surface area contributed by atoms with E-state index in [1.807, 2.05) is 37.3 Å². The van der Waals surface area contributed by atoms with Crippen molar-refractivity contribution in [3.05, 3.63) is 48.2 Å². The maximum absolute atomic E-state index is 8.98. The molecule has 0 spiro atoms. The largest absolute Gasteiger partial charge is 0.396 e. The van der Waals surface area contributed by atoms with E-state index in [2.05, 4.69) is 11.7 Å². The van der Waals surface area contributed by atoms with Crippen LogP contribution < -0.4 is 0 Å². The minimum atomic E-state index is 0.0810. The predicted molar refractivity (Wildman–Crippen MR) is 67.4 cm³/mol. The molecule has 0 fully saturated rings. The van der Waals surface area contributed by atoms with Crippen molar-refractivity contribution >= 4 is 5.57 Å². The zero-order valence-corrected chi connectivity index (χ0v) is 9.81. The predicted octanol–water partition coefficient (Wildman–Crippen LogP) is 3.05. The van der Waals surface area contributed by atoms with E-state index in [4.69, 9.17) is 9.63 Å². The molecule has 3 heteroatoms. The lowest BCUT2D eigenvalue weighted by Gasteiger charge is -2.04. The molecule has 3 nitrogen and oxygen atoms in total. The molecular formula is C14H15NO2. The summed E-state index contributed by atoms with van der Waals surface area (Å²) in [5.74, 6) is 0.738. The zero-order valence-electron chi connectivity index (χ0n) is 9.81. The summed E-state index contributed by atoms with van der Waals surface area (Å²) in [4.78, 5) is 0. The maximum Gasteiger partial charge on any atom is 0.141 e. The topological polar surface area (TPSA) is 46.3 Å². The Bertz CT molecular complexity index is 514. The first kappa shape index (κ1) is 11.6. The molecule has 2 rings (SSSR count). The van der Waals surface area contributed by atoms with Gasteiger partial charge in [0.1, 0.15) is 11.5 Å². The van der Waals surface area contributed by atoms with Crippen molar-refractivity contribution in [2.75, 3.05) is 6.61 Å². The number of aromatic nitrogens is 1. The van der Waals surface area contributed by atoms with E-state index >= 15 is 0 Å². The third-order valence-corrected chi connectivity index (χ3v) is 2.68. The van der Waals surface area contributed by atoms with Gasteiger partial charge in [-0.2, -0.15) is 0 Å². The molecule has 0 aliphatic carbocycles. The number of aryl methyl sites for hydroxylation is 1. The molecule has 1 aromatic carbocycles. The molecule has 0 saturated heterocycles. The highest BCUT2D eigenvalue weighted by atomic mass is 16.5. The smallest absolute Gasteiger partial charge is 0.141 e. The molecular weight excluding hydrogens is 214 g/mol. The second kappa shape index (κ2) is 4.97. The van der Waals surface area contributed by atoms with Crippen molar-refractivity contribution < 1.29 is 9.63 Å². The van der Waals surface area contributed by atoms with Crippen molar-refractivity contribution in [1.29, 1.82) is 0 Å². The molecule has 0 radical (unpaired) electrons. The average Bonchev–Trinajstić information content (AvgIpc) is 2.73. The van der Waals surface area contributed by atoms with Crippen LogP contribution >= 0.6 is 0 Å². The van der Waals surface area contributed by atoms with Gasteiger partial charge >= 0.3 is 0 Å². The van der Waals surface area contributed by atoms with E-state index in [-0.39, 0.29) is 6.61 Å². The lowest BCUT2D eigenvalue weighted by Crippen LogP contribution is -1.91. The Morgan fingerprint density at radius 3 is 2.71 bits per heavy atom. The highest BCUT2D eigenvalue weighted by Gasteiger charge is 2.16. The fourth-order valence-corrected chi connectivity index (χ4v) is 1.84. The van der Waals surface area contributed by atoms with E-state index in [1.165, 1.54) is 0 Å². The molecule has 88 valence electrons. The first-order valence-corrected chi connectivity index (χ1v) is 5.54. The first-order valence-electron chi connectivity index (χ1n) is 5.54. The van der Waals surface area contributed by atoms with Gasteiger partial charge in [0.2, 0.25) is 0 Å². The lowest BCUT2D eigenvalue weighted by molar-refractivity contribution is 0.305. The quantitative estimate of drug-likeness (QED) is 0.876. The summed E-state index contributed by atoms with van der Waals surface area (Å²) in [7, 11) is 0. The van der Waals surface area contributed by atoms with E-state index < -0.39 is 0 Å². The monoisotopic (exact) mass is 229 g/mol. The van der Waals surface area contributed by atoms with Gasteiger partial charge in [0.15, 0.2) is 0 Å². The van der Waals surface area contributed by atoms with E-state index in [0.29, 0.717) is 6.42 Å². The third kappa shape index (κ3) is 2.29. The van der Waals surface area contributed by atoms with Crippen LogP contribution in [0.4, 0.5) is 0 Å². The van der Waals surface area contributed by atoms with E-state index in [1.54, 1.807) is 0 Å². The minimum absolute atomic E-state index is 0.0810. The van der Waals surface area contributed by atoms with Crippen LogP contribution in [-0.2, 0) is 0 Å². The molecule has 0 amide bonds. The summed E-state index contributed by atoms with van der Waals surface area (Å²) in [5, 5.41) is 13.0. The van der Waals surface area contributed by atoms with Gasteiger partial charge in [-0.25, -0.2) is 0 Å². The Labute approximate surface area is 100 Å². The second-order valence-electron chi connectivity index (χ2n) is 3.91. The van der Waals surface area contributed by atoms with Crippen LogP contribution in [0.2, 0.25) is 0 Å². The summed E-state index contributed by atoms with van der Waals surface area (Å²) in [6, 6.07) is 9.83. The molecule has 1 N–H and O–H groups in total. The molecule has 0 bridgehead atoms. The van der Waals surface area contributed by atoms with Gasteiger partial charge in [0, 0.05) is 17.7 Å². The van der Waals surface area contributed by atoms with Crippen molar-refractivity contribution in [3.8, 4) is 11.3 Å². The van der Waals surface area contributed by atoms with Crippen molar-refractivity contribution in [2.45, 2.75) is 13.3 Å². The normalized spacial score (nSPS) is 10.5. The van der Waals surface area contributed by atoms with Gasteiger partial charge in [-0.1, -0.05) is 42.1 Å². The number of hydrogen-bond donors (Lipinski definition) is 1. The second-order valence-corrected chi connectivity index (χ2v) is 3.91. The third-order valence-electron chi connectivity index (χ3n) is 2.68. The zero-order chi connectivity index (χ0) is 12.3. The number of rotatable bonds is 4. The molecule has 0 aliphatic rings. The van der Waals surface area contributed by atoms with Gasteiger partial charge in [-0.05, 0) is 18.9 Å². The average molecular weight is 229 g/mol. The standard InChI is InChI=1S/C14H15NO2/c1-10(8-9-16)13-11(2)17-15-14(13)12-6-4-3-5-7-12/h3-7,16H,1,8-9H2,2H3. The summed E-state index contributed by atoms with van der Waals surface area (Å²) < 4.78 is 5.23. The molecule has 0 saturated carbocycles. The SMILES string of the molecule is C=C(CCO)c1c(-c2ccccc2)noc1C. The van der Waals surface area contributed by atoms with Crippen LogP contribution in [0.1, 0.15) is 17.7 Å². The molecule has 1 aromatic heterocycles. The number of aliphatic hydroxyl groups is 1. The minimum Gasteiger partial charge on any atom is -0.396 e. The number of hydrogen-bond acceptors (Lipinski definition) is 3. The Hall–Kier alpha value is -1.87. The van der Waals surface area contributed by atoms with Crippen LogP contribution in [0.25, 0.3) is 16.8 Å². The van der Waals surface area contributed by atoms with Crippen LogP contribution in [0.5, 0.6) is 0 Å². The van der Waals surface area contributed by atoms with E-state index in [0.717, 1.165) is 28.2 Å². The number of aliphatic hydroxyl groups excluding tert-OH is 1. The van der Waals surface area contributed by atoms with Gasteiger partial charge < -0.3 is 9.63 Å². The number of nitrogens with zero attached hydrogens (tertiary/aromatic N) is 1. The van der Waals surface area contributed by atoms with Crippen LogP contribution in [-0.4, -0.2) is 16.9 Å². The van der Waals surface area contributed by atoms with Gasteiger partial charge in [0.25, 0.3) is 0 Å². The van der Waals surface area contributed by atoms with Gasteiger partial charge in [-0.15, -0.1) is 0 Å². The summed E-state index contributed by atoms with van der Waals surface area (Å²) in [6.07, 6.45) is 0.530. The van der Waals surface area contributed by atoms with Crippen LogP contribution in [0.15, 0.2) is 41.4 Å². The Kier molecular flexibility index (Phi) is 3.40. The summed E-state index contributed by atoms with van der Waals surface area (Å²) in [6.45, 7) is 5.91. The molecule has 0 unspecified atom stereocenters. The fourth-order valence-electron chi connectivity index (χ4n) is 1.84. The Balaban J connectivity index is 2.46. The fraction of sp³-hybridized carbons (Fsp3) is 0.214. The molecule has 2 aromatic rings. The van der Waals surface area contributed by atoms with Crippen LogP contribution in [0.3, 0.4) is 0 Å². The van der Waals surface area contributed by atoms with Gasteiger partial charge in [0.05, 0.1) is 0 Å². The summed E-state index contributed by atoms with van der Waals surface area (Å²) >= 11 is 0.